The molecule has 0 fully saturated rings. The number of allylic oxidation sites excluding steroid dienone is 4. The number of nitrogens with one attached hydrogen (secondary N) is 1. The van der Waals surface area contributed by atoms with Gasteiger partial charge in [-0.1, -0.05) is 34.2 Å². The average molecular weight is 408 g/mol. The van der Waals surface area contributed by atoms with Gasteiger partial charge in [0, 0.05) is 17.2 Å². The number of hydrogen-bond acceptors (Lipinski definition) is 4. The zero-order valence-corrected chi connectivity index (χ0v) is 16.0. The fourth-order valence-electron chi connectivity index (χ4n) is 2.54. The van der Waals surface area contributed by atoms with Crippen LogP contribution in [0.2, 0.25) is 0 Å². The first kappa shape index (κ1) is 19.2. The van der Waals surface area contributed by atoms with Gasteiger partial charge in [-0.15, -0.1) is 0 Å². The lowest BCUT2D eigenvalue weighted by molar-refractivity contribution is -0.113. The van der Waals surface area contributed by atoms with E-state index in [-0.39, 0.29) is 17.0 Å². The number of rotatable bonds is 8. The minimum Gasteiger partial charge on any atom is -0.490 e. The minimum absolute atomic E-state index is 0.113. The first-order valence-electron chi connectivity index (χ1n) is 8.30. The third-order valence-corrected chi connectivity index (χ3v) is 4.14. The van der Waals surface area contributed by atoms with Crippen molar-refractivity contribution in [3.63, 3.8) is 0 Å². The zero-order chi connectivity index (χ0) is 18.2. The SMILES string of the molecule is CCOc1cc(NC(=O)CBr)c(C(=O)C2=CC=CCC2)cc1OCC. The van der Waals surface area contributed by atoms with Crippen molar-refractivity contribution >= 4 is 33.3 Å². The molecule has 0 heterocycles. The van der Waals surface area contributed by atoms with Crippen LogP contribution in [0.3, 0.4) is 0 Å². The number of Topliss-reactive ketones (excluding diaryl/α,β-unsaturated/α-hetero) is 1. The van der Waals surface area contributed by atoms with E-state index < -0.39 is 0 Å². The van der Waals surface area contributed by atoms with E-state index in [1.54, 1.807) is 12.1 Å². The maximum atomic E-state index is 13.0. The first-order valence-corrected chi connectivity index (χ1v) is 9.42. The van der Waals surface area contributed by atoms with Gasteiger partial charge in [-0.05, 0) is 32.8 Å². The summed E-state index contributed by atoms with van der Waals surface area (Å²) < 4.78 is 11.2. The van der Waals surface area contributed by atoms with Crippen LogP contribution >= 0.6 is 15.9 Å². The van der Waals surface area contributed by atoms with Crippen molar-refractivity contribution in [3.05, 3.63) is 41.5 Å². The van der Waals surface area contributed by atoms with Crippen LogP contribution in [0, 0.1) is 0 Å². The summed E-state index contributed by atoms with van der Waals surface area (Å²) >= 11 is 3.13. The number of halogens is 1. The highest BCUT2D eigenvalue weighted by atomic mass is 79.9. The maximum absolute atomic E-state index is 13.0. The van der Waals surface area contributed by atoms with Crippen LogP contribution in [0.15, 0.2) is 35.9 Å². The van der Waals surface area contributed by atoms with Crippen molar-refractivity contribution in [2.24, 2.45) is 0 Å². The van der Waals surface area contributed by atoms with Crippen LogP contribution in [-0.2, 0) is 4.79 Å². The lowest BCUT2D eigenvalue weighted by Gasteiger charge is -2.17. The zero-order valence-electron chi connectivity index (χ0n) is 14.4. The molecule has 1 aromatic rings. The van der Waals surface area contributed by atoms with Gasteiger partial charge in [-0.2, -0.15) is 0 Å². The molecule has 0 saturated carbocycles. The molecule has 0 unspecified atom stereocenters. The van der Waals surface area contributed by atoms with Crippen molar-refractivity contribution in [2.45, 2.75) is 26.7 Å². The summed E-state index contributed by atoms with van der Waals surface area (Å²) in [6.45, 7) is 4.64. The molecule has 0 atom stereocenters. The van der Waals surface area contributed by atoms with Crippen LogP contribution < -0.4 is 14.8 Å². The van der Waals surface area contributed by atoms with Gasteiger partial charge in [0.15, 0.2) is 17.3 Å². The molecule has 0 spiro atoms. The van der Waals surface area contributed by atoms with E-state index in [1.165, 1.54) is 0 Å². The van der Waals surface area contributed by atoms with Crippen LogP contribution in [-0.4, -0.2) is 30.2 Å². The van der Waals surface area contributed by atoms with Gasteiger partial charge in [0.2, 0.25) is 5.91 Å². The molecule has 6 heteroatoms. The molecule has 5 nitrogen and oxygen atoms in total. The van der Waals surface area contributed by atoms with Gasteiger partial charge in [0.1, 0.15) is 0 Å². The van der Waals surface area contributed by atoms with Crippen LogP contribution in [0.4, 0.5) is 5.69 Å². The van der Waals surface area contributed by atoms with Gasteiger partial charge in [0.05, 0.1) is 24.2 Å². The Bertz CT molecular complexity index is 710. The molecule has 1 aliphatic rings. The van der Waals surface area contributed by atoms with Crippen molar-refractivity contribution < 1.29 is 19.1 Å². The Kier molecular flexibility index (Phi) is 7.25. The second kappa shape index (κ2) is 9.42. The van der Waals surface area contributed by atoms with Gasteiger partial charge in [0.25, 0.3) is 0 Å². The van der Waals surface area contributed by atoms with E-state index in [1.807, 2.05) is 32.1 Å². The first-order chi connectivity index (χ1) is 12.1. The Labute approximate surface area is 156 Å². The number of amides is 1. The normalized spacial score (nSPS) is 13.2. The van der Waals surface area contributed by atoms with E-state index in [0.29, 0.717) is 48.0 Å². The van der Waals surface area contributed by atoms with Crippen LogP contribution in [0.5, 0.6) is 11.5 Å². The van der Waals surface area contributed by atoms with Gasteiger partial charge in [-0.3, -0.25) is 9.59 Å². The Balaban J connectivity index is 2.50. The molecular formula is C19H22BrNO4. The molecule has 2 rings (SSSR count). The van der Waals surface area contributed by atoms with E-state index in [2.05, 4.69) is 21.2 Å². The molecule has 134 valence electrons. The lowest BCUT2D eigenvalue weighted by atomic mass is 9.95. The summed E-state index contributed by atoms with van der Waals surface area (Å²) in [5, 5.41) is 2.90. The topological polar surface area (TPSA) is 64.6 Å². The van der Waals surface area contributed by atoms with Gasteiger partial charge < -0.3 is 14.8 Å². The fraction of sp³-hybridized carbons (Fsp3) is 0.368. The number of benzene rings is 1. The molecule has 0 saturated heterocycles. The smallest absolute Gasteiger partial charge is 0.235 e. The molecule has 1 aromatic carbocycles. The monoisotopic (exact) mass is 407 g/mol. The molecule has 0 bridgehead atoms. The Morgan fingerprint density at radius 2 is 1.84 bits per heavy atom. The maximum Gasteiger partial charge on any atom is 0.235 e. The molecular weight excluding hydrogens is 386 g/mol. The molecule has 0 radical (unpaired) electrons. The molecule has 0 aliphatic heterocycles. The molecule has 1 N–H and O–H groups in total. The Morgan fingerprint density at radius 1 is 1.16 bits per heavy atom. The standard InChI is InChI=1S/C19H22BrNO4/c1-3-24-16-10-14(19(23)13-8-6-5-7-9-13)15(21-18(22)12-20)11-17(16)25-4-2/h5-6,8,10-11H,3-4,7,9,12H2,1-2H3,(H,21,22). The number of ether oxygens (including phenoxy) is 2. The largest absolute Gasteiger partial charge is 0.490 e. The van der Waals surface area contributed by atoms with E-state index in [0.717, 1.165) is 6.42 Å². The number of carbonyl (C=O) groups is 2. The van der Waals surface area contributed by atoms with Crippen molar-refractivity contribution in [2.75, 3.05) is 23.9 Å². The van der Waals surface area contributed by atoms with Crippen molar-refractivity contribution in [1.82, 2.24) is 0 Å². The fourth-order valence-corrected chi connectivity index (χ4v) is 2.68. The summed E-state index contributed by atoms with van der Waals surface area (Å²) in [5.74, 6) is 0.649. The van der Waals surface area contributed by atoms with Gasteiger partial charge >= 0.3 is 0 Å². The quantitative estimate of drug-likeness (QED) is 0.515. The highest BCUT2D eigenvalue weighted by molar-refractivity contribution is 9.09. The summed E-state index contributed by atoms with van der Waals surface area (Å²) in [6, 6.07) is 3.31. The highest BCUT2D eigenvalue weighted by Gasteiger charge is 2.21. The van der Waals surface area contributed by atoms with E-state index >= 15 is 0 Å². The third kappa shape index (κ3) is 4.95. The predicted octanol–water partition coefficient (Wildman–Crippen LogP) is 4.28. The predicted molar refractivity (Wildman–Crippen MR) is 102 cm³/mol. The number of ketones is 1. The Hall–Kier alpha value is -2.08. The molecule has 0 aromatic heterocycles. The number of anilines is 1. The lowest BCUT2D eigenvalue weighted by Crippen LogP contribution is -2.17. The second-order valence-electron chi connectivity index (χ2n) is 5.38. The molecule has 1 amide bonds. The van der Waals surface area contributed by atoms with Crippen LogP contribution in [0.25, 0.3) is 0 Å². The highest BCUT2D eigenvalue weighted by Crippen LogP contribution is 2.36. The van der Waals surface area contributed by atoms with Crippen molar-refractivity contribution in [3.8, 4) is 11.5 Å². The Morgan fingerprint density at radius 3 is 2.40 bits per heavy atom. The van der Waals surface area contributed by atoms with Crippen molar-refractivity contribution in [1.29, 1.82) is 0 Å². The summed E-state index contributed by atoms with van der Waals surface area (Å²) in [4.78, 5) is 24.8. The van der Waals surface area contributed by atoms with E-state index in [4.69, 9.17) is 9.47 Å². The van der Waals surface area contributed by atoms with Crippen LogP contribution in [0.1, 0.15) is 37.0 Å². The second-order valence-corrected chi connectivity index (χ2v) is 5.94. The number of carbonyl (C=O) groups excluding carboxylic acids is 2. The molecule has 1 aliphatic carbocycles. The van der Waals surface area contributed by atoms with Gasteiger partial charge in [-0.25, -0.2) is 0 Å². The van der Waals surface area contributed by atoms with E-state index in [9.17, 15) is 9.59 Å². The number of hydrogen-bond donors (Lipinski definition) is 1. The summed E-state index contributed by atoms with van der Waals surface area (Å²) in [7, 11) is 0. The summed E-state index contributed by atoms with van der Waals surface area (Å²) in [6.07, 6.45) is 7.23. The minimum atomic E-state index is -0.238. The third-order valence-electron chi connectivity index (χ3n) is 3.63. The summed E-state index contributed by atoms with van der Waals surface area (Å²) in [5.41, 5.74) is 1.54. The average Bonchev–Trinajstić information content (AvgIpc) is 2.64. The molecule has 25 heavy (non-hydrogen) atoms. The number of alkyl halides is 1.